The summed E-state index contributed by atoms with van der Waals surface area (Å²) in [5.74, 6) is 1.92. The van der Waals surface area contributed by atoms with Gasteiger partial charge in [0.05, 0.1) is 7.11 Å². The minimum atomic E-state index is 0.860. The van der Waals surface area contributed by atoms with Gasteiger partial charge in [0.15, 0.2) is 0 Å². The quantitative estimate of drug-likeness (QED) is 0.717. The van der Waals surface area contributed by atoms with Crippen molar-refractivity contribution in [1.82, 2.24) is 10.2 Å². The molecular formula is C19H20N2OS. The lowest BCUT2D eigenvalue weighted by Crippen LogP contribution is -1.93. The molecule has 23 heavy (non-hydrogen) atoms. The van der Waals surface area contributed by atoms with E-state index in [4.69, 9.17) is 4.74 Å². The number of aryl methyl sites for hydroxylation is 1. The Morgan fingerprint density at radius 1 is 1.04 bits per heavy atom. The molecule has 0 aliphatic heterocycles. The van der Waals surface area contributed by atoms with Crippen LogP contribution in [0.2, 0.25) is 0 Å². The Kier molecular flexibility index (Phi) is 5.03. The van der Waals surface area contributed by atoms with E-state index in [9.17, 15) is 0 Å². The predicted molar refractivity (Wildman–Crippen MR) is 98.1 cm³/mol. The fraction of sp³-hybridized carbons (Fsp3) is 0.211. The SMILES string of the molecule is COc1cccc(-c2c(-c3ccccc3)n[nH]c2CCSC)c1. The van der Waals surface area contributed by atoms with E-state index in [1.54, 1.807) is 7.11 Å². The summed E-state index contributed by atoms with van der Waals surface area (Å²) in [5, 5.41) is 7.84. The zero-order valence-corrected chi connectivity index (χ0v) is 14.2. The van der Waals surface area contributed by atoms with E-state index >= 15 is 0 Å². The third-order valence-corrected chi connectivity index (χ3v) is 4.42. The van der Waals surface area contributed by atoms with Crippen LogP contribution in [0.3, 0.4) is 0 Å². The van der Waals surface area contributed by atoms with Crippen molar-refractivity contribution in [3.63, 3.8) is 0 Å². The topological polar surface area (TPSA) is 37.9 Å². The van der Waals surface area contributed by atoms with Gasteiger partial charge in [-0.3, -0.25) is 5.10 Å². The van der Waals surface area contributed by atoms with Gasteiger partial charge in [-0.25, -0.2) is 0 Å². The molecule has 1 aromatic heterocycles. The number of aromatic amines is 1. The smallest absolute Gasteiger partial charge is 0.119 e. The molecular weight excluding hydrogens is 304 g/mol. The van der Waals surface area contributed by atoms with Crippen LogP contribution in [0.5, 0.6) is 5.75 Å². The Bertz CT molecular complexity index is 768. The molecule has 1 N–H and O–H groups in total. The largest absolute Gasteiger partial charge is 0.497 e. The van der Waals surface area contributed by atoms with Gasteiger partial charge in [-0.2, -0.15) is 16.9 Å². The lowest BCUT2D eigenvalue weighted by Gasteiger charge is -2.08. The molecule has 0 amide bonds. The van der Waals surface area contributed by atoms with Gasteiger partial charge in [0.1, 0.15) is 11.4 Å². The first-order valence-corrected chi connectivity index (χ1v) is 8.99. The number of H-pyrrole nitrogens is 1. The van der Waals surface area contributed by atoms with Crippen LogP contribution in [-0.2, 0) is 6.42 Å². The molecule has 0 atom stereocenters. The summed E-state index contributed by atoms with van der Waals surface area (Å²) in [6.07, 6.45) is 3.09. The molecule has 1 heterocycles. The van der Waals surface area contributed by atoms with E-state index in [0.717, 1.165) is 34.7 Å². The Labute approximate surface area is 141 Å². The highest BCUT2D eigenvalue weighted by Crippen LogP contribution is 2.35. The van der Waals surface area contributed by atoms with Crippen LogP contribution in [0.1, 0.15) is 5.69 Å². The number of hydrogen-bond donors (Lipinski definition) is 1. The standard InChI is InChI=1S/C19H20N2OS/c1-22-16-10-6-9-15(13-16)18-17(11-12-23-2)20-21-19(18)14-7-4-3-5-8-14/h3-10,13H,11-12H2,1-2H3,(H,20,21). The minimum Gasteiger partial charge on any atom is -0.497 e. The summed E-state index contributed by atoms with van der Waals surface area (Å²) in [5.41, 5.74) is 5.59. The second-order valence-electron chi connectivity index (χ2n) is 5.27. The molecule has 3 rings (SSSR count). The highest BCUT2D eigenvalue weighted by molar-refractivity contribution is 7.98. The highest BCUT2D eigenvalue weighted by atomic mass is 32.2. The van der Waals surface area contributed by atoms with Gasteiger partial charge in [0, 0.05) is 16.8 Å². The Morgan fingerprint density at radius 2 is 1.83 bits per heavy atom. The molecule has 0 saturated carbocycles. The first-order chi connectivity index (χ1) is 11.3. The monoisotopic (exact) mass is 324 g/mol. The molecule has 0 unspecified atom stereocenters. The maximum Gasteiger partial charge on any atom is 0.119 e. The fourth-order valence-corrected chi connectivity index (χ4v) is 3.07. The Balaban J connectivity index is 2.12. The molecule has 0 bridgehead atoms. The first-order valence-electron chi connectivity index (χ1n) is 7.59. The molecule has 0 spiro atoms. The molecule has 0 saturated heterocycles. The minimum absolute atomic E-state index is 0.860. The van der Waals surface area contributed by atoms with Crippen molar-refractivity contribution in [2.45, 2.75) is 6.42 Å². The van der Waals surface area contributed by atoms with Gasteiger partial charge in [-0.05, 0) is 36.1 Å². The summed E-state index contributed by atoms with van der Waals surface area (Å²) < 4.78 is 5.38. The van der Waals surface area contributed by atoms with Gasteiger partial charge >= 0.3 is 0 Å². The number of rotatable bonds is 6. The third-order valence-electron chi connectivity index (χ3n) is 3.80. The van der Waals surface area contributed by atoms with Gasteiger partial charge in [-0.15, -0.1) is 0 Å². The first kappa shape index (κ1) is 15.7. The normalized spacial score (nSPS) is 10.7. The van der Waals surface area contributed by atoms with Crippen LogP contribution in [0, 0.1) is 0 Å². The molecule has 3 nitrogen and oxygen atoms in total. The van der Waals surface area contributed by atoms with Crippen molar-refractivity contribution in [3.8, 4) is 28.1 Å². The third kappa shape index (κ3) is 3.42. The van der Waals surface area contributed by atoms with Crippen molar-refractivity contribution in [2.24, 2.45) is 0 Å². The number of aromatic nitrogens is 2. The summed E-state index contributed by atoms with van der Waals surface area (Å²) in [7, 11) is 1.70. The summed E-state index contributed by atoms with van der Waals surface area (Å²) in [6, 6.07) is 18.5. The molecule has 0 radical (unpaired) electrons. The summed E-state index contributed by atoms with van der Waals surface area (Å²) >= 11 is 1.84. The number of ether oxygens (including phenoxy) is 1. The van der Waals surface area contributed by atoms with Crippen LogP contribution in [0.15, 0.2) is 54.6 Å². The molecule has 0 aliphatic rings. The van der Waals surface area contributed by atoms with Crippen LogP contribution in [0.4, 0.5) is 0 Å². The van der Waals surface area contributed by atoms with E-state index in [2.05, 4.69) is 40.7 Å². The lowest BCUT2D eigenvalue weighted by atomic mass is 9.98. The van der Waals surface area contributed by atoms with Crippen LogP contribution in [0.25, 0.3) is 22.4 Å². The number of methoxy groups -OCH3 is 1. The van der Waals surface area contributed by atoms with Gasteiger partial charge in [0.25, 0.3) is 0 Å². The van der Waals surface area contributed by atoms with Crippen molar-refractivity contribution < 1.29 is 4.74 Å². The van der Waals surface area contributed by atoms with Crippen molar-refractivity contribution in [3.05, 3.63) is 60.3 Å². The Morgan fingerprint density at radius 3 is 2.57 bits per heavy atom. The molecule has 0 aliphatic carbocycles. The second-order valence-corrected chi connectivity index (χ2v) is 6.25. The van der Waals surface area contributed by atoms with Crippen LogP contribution < -0.4 is 4.74 Å². The fourth-order valence-electron chi connectivity index (χ4n) is 2.66. The van der Waals surface area contributed by atoms with E-state index < -0.39 is 0 Å². The van der Waals surface area contributed by atoms with E-state index in [-0.39, 0.29) is 0 Å². The molecule has 4 heteroatoms. The van der Waals surface area contributed by atoms with E-state index in [0.29, 0.717) is 0 Å². The molecule has 118 valence electrons. The average molecular weight is 324 g/mol. The number of nitrogens with zero attached hydrogens (tertiary/aromatic N) is 1. The van der Waals surface area contributed by atoms with Crippen molar-refractivity contribution >= 4 is 11.8 Å². The van der Waals surface area contributed by atoms with E-state index in [1.165, 1.54) is 11.3 Å². The number of benzene rings is 2. The van der Waals surface area contributed by atoms with Crippen LogP contribution >= 0.6 is 11.8 Å². The number of hydrogen-bond acceptors (Lipinski definition) is 3. The Hall–Kier alpha value is -2.20. The second kappa shape index (κ2) is 7.38. The van der Waals surface area contributed by atoms with Crippen LogP contribution in [-0.4, -0.2) is 29.3 Å². The predicted octanol–water partition coefficient (Wildman–Crippen LogP) is 4.66. The molecule has 2 aromatic carbocycles. The maximum absolute atomic E-state index is 5.38. The van der Waals surface area contributed by atoms with Gasteiger partial charge in [-0.1, -0.05) is 42.5 Å². The lowest BCUT2D eigenvalue weighted by molar-refractivity contribution is 0.415. The van der Waals surface area contributed by atoms with Gasteiger partial charge in [0.2, 0.25) is 0 Å². The zero-order chi connectivity index (χ0) is 16.1. The maximum atomic E-state index is 5.38. The summed E-state index contributed by atoms with van der Waals surface area (Å²) in [4.78, 5) is 0. The van der Waals surface area contributed by atoms with Crippen molar-refractivity contribution in [1.29, 1.82) is 0 Å². The van der Waals surface area contributed by atoms with E-state index in [1.807, 2.05) is 42.1 Å². The molecule has 3 aromatic rings. The van der Waals surface area contributed by atoms with Gasteiger partial charge < -0.3 is 4.74 Å². The number of nitrogens with one attached hydrogen (secondary N) is 1. The average Bonchev–Trinajstić information content (AvgIpc) is 3.04. The number of thioether (sulfide) groups is 1. The zero-order valence-electron chi connectivity index (χ0n) is 13.4. The molecule has 0 fully saturated rings. The van der Waals surface area contributed by atoms with Crippen molar-refractivity contribution in [2.75, 3.05) is 19.1 Å². The summed E-state index contributed by atoms with van der Waals surface area (Å²) in [6.45, 7) is 0. The highest BCUT2D eigenvalue weighted by Gasteiger charge is 2.16.